The minimum atomic E-state index is -3.62. The van der Waals surface area contributed by atoms with Gasteiger partial charge in [-0.05, 0) is 26.0 Å². The smallest absolute Gasteiger partial charge is 0.408 e. The normalized spacial score (nSPS) is 24.0. The van der Waals surface area contributed by atoms with Gasteiger partial charge in [0.15, 0.2) is 5.58 Å². The molecule has 1 aromatic carbocycles. The molecule has 1 aliphatic rings. The lowest BCUT2D eigenvalue weighted by atomic mass is 10.1. The van der Waals surface area contributed by atoms with Crippen molar-refractivity contribution < 1.29 is 12.8 Å². The Morgan fingerprint density at radius 1 is 1.32 bits per heavy atom. The van der Waals surface area contributed by atoms with E-state index in [1.54, 1.807) is 13.1 Å². The van der Waals surface area contributed by atoms with Crippen LogP contribution in [0.3, 0.4) is 0 Å². The van der Waals surface area contributed by atoms with Crippen molar-refractivity contribution in [1.82, 2.24) is 14.2 Å². The van der Waals surface area contributed by atoms with Crippen LogP contribution in [-0.2, 0) is 17.1 Å². The highest BCUT2D eigenvalue weighted by Gasteiger charge is 2.34. The molecule has 2 atom stereocenters. The maximum absolute atomic E-state index is 12.9. The fourth-order valence-electron chi connectivity index (χ4n) is 2.78. The molecule has 0 bridgehead atoms. The lowest BCUT2D eigenvalue weighted by Gasteiger charge is -2.37. The lowest BCUT2D eigenvalue weighted by Crippen LogP contribution is -2.57. The number of rotatable bonds is 2. The number of oxazole rings is 1. The summed E-state index contributed by atoms with van der Waals surface area (Å²) in [7, 11) is -2.03. The maximum Gasteiger partial charge on any atom is 0.419 e. The highest BCUT2D eigenvalue weighted by atomic mass is 32.2. The number of fused-ring (bicyclic) bond motifs is 1. The van der Waals surface area contributed by atoms with Crippen LogP contribution in [0.25, 0.3) is 11.1 Å². The van der Waals surface area contributed by atoms with Crippen LogP contribution in [0.4, 0.5) is 0 Å². The first kappa shape index (κ1) is 15.3. The number of nitrogens with one attached hydrogen (secondary N) is 1. The Kier molecular flexibility index (Phi) is 3.62. The van der Waals surface area contributed by atoms with E-state index in [2.05, 4.69) is 5.32 Å². The van der Waals surface area contributed by atoms with Crippen LogP contribution in [-0.4, -0.2) is 42.5 Å². The van der Waals surface area contributed by atoms with Gasteiger partial charge in [0, 0.05) is 38.3 Å². The highest BCUT2D eigenvalue weighted by molar-refractivity contribution is 7.89. The van der Waals surface area contributed by atoms with Gasteiger partial charge in [0.2, 0.25) is 10.0 Å². The Morgan fingerprint density at radius 2 is 2.05 bits per heavy atom. The second-order valence-corrected chi connectivity index (χ2v) is 7.55. The first-order valence-corrected chi connectivity index (χ1v) is 8.61. The van der Waals surface area contributed by atoms with Gasteiger partial charge < -0.3 is 9.73 Å². The molecule has 8 heteroatoms. The molecule has 0 aliphatic carbocycles. The van der Waals surface area contributed by atoms with Crippen LogP contribution in [0.1, 0.15) is 13.8 Å². The summed E-state index contributed by atoms with van der Waals surface area (Å²) in [5, 5.41) is 3.26. The van der Waals surface area contributed by atoms with Crippen LogP contribution in [0, 0.1) is 0 Å². The lowest BCUT2D eigenvalue weighted by molar-refractivity contribution is 0.233. The third kappa shape index (κ3) is 2.27. The van der Waals surface area contributed by atoms with Crippen LogP contribution in [0.5, 0.6) is 0 Å². The number of hydrogen-bond donors (Lipinski definition) is 1. The molecule has 1 saturated heterocycles. The zero-order valence-electron chi connectivity index (χ0n) is 12.7. The van der Waals surface area contributed by atoms with E-state index >= 15 is 0 Å². The van der Waals surface area contributed by atoms with Crippen LogP contribution in [0.15, 0.2) is 32.3 Å². The summed E-state index contributed by atoms with van der Waals surface area (Å²) in [4.78, 5) is 11.7. The first-order chi connectivity index (χ1) is 10.3. The molecule has 0 saturated carbocycles. The van der Waals surface area contributed by atoms with Gasteiger partial charge in [0.25, 0.3) is 0 Å². The van der Waals surface area contributed by atoms with Gasteiger partial charge >= 0.3 is 5.76 Å². The van der Waals surface area contributed by atoms with Gasteiger partial charge in [0.1, 0.15) is 0 Å². The summed E-state index contributed by atoms with van der Waals surface area (Å²) < 4.78 is 33.6. The second kappa shape index (κ2) is 5.22. The van der Waals surface area contributed by atoms with E-state index in [4.69, 9.17) is 4.42 Å². The van der Waals surface area contributed by atoms with Gasteiger partial charge in [-0.25, -0.2) is 13.2 Å². The summed E-state index contributed by atoms with van der Waals surface area (Å²) >= 11 is 0. The number of nitrogens with zero attached hydrogens (tertiary/aromatic N) is 2. The molecule has 2 heterocycles. The molecule has 22 heavy (non-hydrogen) atoms. The first-order valence-electron chi connectivity index (χ1n) is 7.17. The topological polar surface area (TPSA) is 84.6 Å². The predicted molar refractivity (Wildman–Crippen MR) is 82.3 cm³/mol. The van der Waals surface area contributed by atoms with E-state index in [1.807, 2.05) is 13.8 Å². The predicted octanol–water partition coefficient (Wildman–Crippen LogP) is 0.502. The Balaban J connectivity index is 2.07. The summed E-state index contributed by atoms with van der Waals surface area (Å²) in [6, 6.07) is 4.49. The van der Waals surface area contributed by atoms with E-state index in [-0.39, 0.29) is 22.6 Å². The summed E-state index contributed by atoms with van der Waals surface area (Å²) in [6.45, 7) is 4.89. The molecular weight excluding hydrogens is 306 g/mol. The van der Waals surface area contributed by atoms with Gasteiger partial charge in [-0.2, -0.15) is 4.31 Å². The molecule has 120 valence electrons. The second-order valence-electron chi connectivity index (χ2n) is 5.66. The molecule has 1 aromatic heterocycles. The molecule has 1 fully saturated rings. The van der Waals surface area contributed by atoms with Gasteiger partial charge in [-0.3, -0.25) is 4.57 Å². The highest BCUT2D eigenvalue weighted by Crippen LogP contribution is 2.24. The minimum Gasteiger partial charge on any atom is -0.408 e. The molecule has 0 radical (unpaired) electrons. The van der Waals surface area contributed by atoms with Crippen LogP contribution >= 0.6 is 0 Å². The molecule has 2 unspecified atom stereocenters. The Morgan fingerprint density at radius 3 is 2.77 bits per heavy atom. The van der Waals surface area contributed by atoms with Crippen molar-refractivity contribution in [2.75, 3.05) is 13.1 Å². The van der Waals surface area contributed by atoms with Crippen LogP contribution < -0.4 is 11.1 Å². The van der Waals surface area contributed by atoms with Crippen molar-refractivity contribution in [1.29, 1.82) is 0 Å². The van der Waals surface area contributed by atoms with E-state index in [0.29, 0.717) is 18.6 Å². The van der Waals surface area contributed by atoms with Crippen molar-refractivity contribution in [3.05, 3.63) is 28.7 Å². The number of benzene rings is 1. The quantitative estimate of drug-likeness (QED) is 0.869. The molecule has 0 spiro atoms. The molecule has 2 aromatic rings. The molecule has 1 aliphatic heterocycles. The van der Waals surface area contributed by atoms with Gasteiger partial charge in [-0.15, -0.1) is 0 Å². The molecular formula is C14H19N3O4S. The number of piperazine rings is 1. The van der Waals surface area contributed by atoms with Crippen molar-refractivity contribution in [2.24, 2.45) is 7.05 Å². The fourth-order valence-corrected chi connectivity index (χ4v) is 4.49. The molecule has 1 N–H and O–H groups in total. The third-order valence-corrected chi connectivity index (χ3v) is 6.33. The summed E-state index contributed by atoms with van der Waals surface area (Å²) in [5.74, 6) is -0.506. The van der Waals surface area contributed by atoms with Crippen molar-refractivity contribution >= 4 is 21.1 Å². The molecule has 7 nitrogen and oxygen atoms in total. The largest absolute Gasteiger partial charge is 0.419 e. The Bertz CT molecular complexity index is 868. The van der Waals surface area contributed by atoms with Crippen molar-refractivity contribution in [3.63, 3.8) is 0 Å². The summed E-state index contributed by atoms with van der Waals surface area (Å²) in [6.07, 6.45) is 0. The molecule has 3 rings (SSSR count). The molecule has 0 amide bonds. The average Bonchev–Trinajstić information content (AvgIpc) is 2.76. The Labute approximate surface area is 128 Å². The van der Waals surface area contributed by atoms with Gasteiger partial charge in [0.05, 0.1) is 10.4 Å². The minimum absolute atomic E-state index is 0.0851. The van der Waals surface area contributed by atoms with Crippen molar-refractivity contribution in [3.8, 4) is 0 Å². The fraction of sp³-hybridized carbons (Fsp3) is 0.500. The average molecular weight is 325 g/mol. The van der Waals surface area contributed by atoms with Crippen molar-refractivity contribution in [2.45, 2.75) is 30.8 Å². The third-order valence-electron chi connectivity index (χ3n) is 4.35. The van der Waals surface area contributed by atoms with Crippen LogP contribution in [0.2, 0.25) is 0 Å². The number of sulfonamides is 1. The zero-order valence-corrected chi connectivity index (χ0v) is 13.6. The summed E-state index contributed by atoms with van der Waals surface area (Å²) in [5.41, 5.74) is 0.857. The van der Waals surface area contributed by atoms with E-state index in [1.165, 1.54) is 21.0 Å². The number of aromatic nitrogens is 1. The van der Waals surface area contributed by atoms with E-state index in [9.17, 15) is 13.2 Å². The maximum atomic E-state index is 12.9. The van der Waals surface area contributed by atoms with E-state index in [0.717, 1.165) is 0 Å². The Hall–Kier alpha value is -1.64. The number of hydrogen-bond acceptors (Lipinski definition) is 5. The monoisotopic (exact) mass is 325 g/mol. The number of aryl methyl sites for hydroxylation is 1. The zero-order chi connectivity index (χ0) is 16.1. The standard InChI is InChI=1S/C14H19N3O4S/c1-9-10(2)17(7-6-15-9)22(19,20)11-4-5-12-13(8-11)21-14(18)16(12)3/h4-5,8-10,15H,6-7H2,1-3H3. The SMILES string of the molecule is CC1NCCN(S(=O)(=O)c2ccc3c(c2)oc(=O)n3C)C1C. The van der Waals surface area contributed by atoms with E-state index < -0.39 is 15.8 Å². The van der Waals surface area contributed by atoms with Gasteiger partial charge in [-0.1, -0.05) is 0 Å².